The lowest BCUT2D eigenvalue weighted by Gasteiger charge is -2.24. The first-order chi connectivity index (χ1) is 12.9. The number of nitrogens with zero attached hydrogens (tertiary/aromatic N) is 1. The number of rotatable bonds is 8. The van der Waals surface area contributed by atoms with Crippen molar-refractivity contribution in [3.05, 3.63) is 46.7 Å². The molecule has 27 heavy (non-hydrogen) atoms. The van der Waals surface area contributed by atoms with Crippen LogP contribution in [0.5, 0.6) is 0 Å². The normalized spacial score (nSPS) is 17.3. The van der Waals surface area contributed by atoms with Gasteiger partial charge in [0.25, 0.3) is 0 Å². The Morgan fingerprint density at radius 2 is 2.19 bits per heavy atom. The molecule has 0 radical (unpaired) electrons. The number of hydrogen-bond donors (Lipinski definition) is 1. The van der Waals surface area contributed by atoms with Gasteiger partial charge in [-0.3, -0.25) is 9.69 Å². The molecule has 0 saturated carbocycles. The maximum atomic E-state index is 12.5. The topological polar surface area (TPSA) is 75.7 Å². The number of benzene rings is 1. The zero-order valence-corrected chi connectivity index (χ0v) is 16.9. The Kier molecular flexibility index (Phi) is 6.64. The van der Waals surface area contributed by atoms with Crippen molar-refractivity contribution < 1.29 is 17.9 Å². The highest BCUT2D eigenvalue weighted by Crippen LogP contribution is 2.18. The maximum Gasteiger partial charge on any atom is 0.238 e. The summed E-state index contributed by atoms with van der Waals surface area (Å²) in [5.74, 6) is -0.171. The van der Waals surface area contributed by atoms with E-state index in [0.29, 0.717) is 18.8 Å². The van der Waals surface area contributed by atoms with Crippen LogP contribution in [-0.2, 0) is 25.9 Å². The number of sulfone groups is 1. The SMILES string of the molecule is CS(=O)(=O)c1cccc(NC(=O)CN(Cc2cccs2)CC2CCCO2)c1. The van der Waals surface area contributed by atoms with Crippen LogP contribution >= 0.6 is 11.3 Å². The molecule has 3 rings (SSSR count). The molecule has 1 saturated heterocycles. The lowest BCUT2D eigenvalue weighted by molar-refractivity contribution is -0.117. The Morgan fingerprint density at radius 3 is 2.85 bits per heavy atom. The summed E-state index contributed by atoms with van der Waals surface area (Å²) in [6, 6.07) is 10.4. The van der Waals surface area contributed by atoms with Crippen LogP contribution in [0.4, 0.5) is 5.69 Å². The van der Waals surface area contributed by atoms with Gasteiger partial charge in [-0.2, -0.15) is 0 Å². The molecule has 1 aromatic carbocycles. The predicted octanol–water partition coefficient (Wildman–Crippen LogP) is 2.77. The summed E-state index contributed by atoms with van der Waals surface area (Å²) < 4.78 is 29.1. The molecule has 146 valence electrons. The summed E-state index contributed by atoms with van der Waals surface area (Å²) in [6.07, 6.45) is 3.38. The zero-order valence-electron chi connectivity index (χ0n) is 15.3. The van der Waals surface area contributed by atoms with E-state index in [1.54, 1.807) is 23.5 Å². The van der Waals surface area contributed by atoms with Crippen molar-refractivity contribution in [1.82, 2.24) is 4.90 Å². The summed E-state index contributed by atoms with van der Waals surface area (Å²) in [5.41, 5.74) is 0.483. The molecule has 1 aliphatic rings. The van der Waals surface area contributed by atoms with Gasteiger partial charge >= 0.3 is 0 Å². The number of thiophene rings is 1. The zero-order chi connectivity index (χ0) is 19.3. The van der Waals surface area contributed by atoms with E-state index in [0.717, 1.165) is 25.7 Å². The molecule has 0 aliphatic carbocycles. The molecule has 1 N–H and O–H groups in total. The fourth-order valence-electron chi connectivity index (χ4n) is 3.09. The highest BCUT2D eigenvalue weighted by molar-refractivity contribution is 7.90. The highest BCUT2D eigenvalue weighted by Gasteiger charge is 2.21. The van der Waals surface area contributed by atoms with E-state index in [1.165, 1.54) is 17.0 Å². The maximum absolute atomic E-state index is 12.5. The standard InChI is InChI=1S/C19H24N2O4S2/c1-27(23,24)18-8-2-5-15(11-18)20-19(22)14-21(12-16-6-3-9-25-16)13-17-7-4-10-26-17/h2,4-5,7-8,10-11,16H,3,6,9,12-14H2,1H3,(H,20,22). The lowest BCUT2D eigenvalue weighted by atomic mass is 10.2. The van der Waals surface area contributed by atoms with E-state index in [9.17, 15) is 13.2 Å². The molecule has 6 nitrogen and oxygen atoms in total. The fourth-order valence-corrected chi connectivity index (χ4v) is 4.51. The first-order valence-corrected chi connectivity index (χ1v) is 11.6. The van der Waals surface area contributed by atoms with Crippen molar-refractivity contribution in [2.45, 2.75) is 30.4 Å². The van der Waals surface area contributed by atoms with Gasteiger partial charge in [0.05, 0.1) is 17.5 Å². The number of nitrogens with one attached hydrogen (secondary N) is 1. The van der Waals surface area contributed by atoms with Crippen LogP contribution in [0.2, 0.25) is 0 Å². The van der Waals surface area contributed by atoms with Crippen LogP contribution in [0, 0.1) is 0 Å². The summed E-state index contributed by atoms with van der Waals surface area (Å²) in [4.78, 5) is 16.0. The smallest absolute Gasteiger partial charge is 0.238 e. The van der Waals surface area contributed by atoms with Crippen LogP contribution in [0.25, 0.3) is 0 Å². The van der Waals surface area contributed by atoms with Gasteiger partial charge in [0, 0.05) is 36.5 Å². The van der Waals surface area contributed by atoms with Crippen LogP contribution in [0.3, 0.4) is 0 Å². The Morgan fingerprint density at radius 1 is 1.33 bits per heavy atom. The molecule has 1 unspecified atom stereocenters. The third-order valence-electron chi connectivity index (χ3n) is 4.36. The van der Waals surface area contributed by atoms with Gasteiger partial charge in [0.15, 0.2) is 9.84 Å². The molecule has 1 aromatic heterocycles. The quantitative estimate of drug-likeness (QED) is 0.727. The number of carbonyl (C=O) groups excluding carboxylic acids is 1. The van der Waals surface area contributed by atoms with Gasteiger partial charge in [0.1, 0.15) is 0 Å². The summed E-state index contributed by atoms with van der Waals surface area (Å²) in [5, 5.41) is 4.83. The molecule has 0 spiro atoms. The predicted molar refractivity (Wildman–Crippen MR) is 107 cm³/mol. The van der Waals surface area contributed by atoms with E-state index in [1.807, 2.05) is 11.4 Å². The summed E-state index contributed by atoms with van der Waals surface area (Å²) in [6.45, 7) is 2.39. The largest absolute Gasteiger partial charge is 0.377 e. The molecule has 2 aromatic rings. The summed E-state index contributed by atoms with van der Waals surface area (Å²) >= 11 is 1.66. The van der Waals surface area contributed by atoms with Crippen molar-refractivity contribution in [1.29, 1.82) is 0 Å². The minimum absolute atomic E-state index is 0.159. The minimum atomic E-state index is -3.31. The van der Waals surface area contributed by atoms with E-state index < -0.39 is 9.84 Å². The summed E-state index contributed by atoms with van der Waals surface area (Å²) in [7, 11) is -3.31. The molecular weight excluding hydrogens is 384 g/mol. The van der Waals surface area contributed by atoms with Gasteiger partial charge in [-0.1, -0.05) is 12.1 Å². The monoisotopic (exact) mass is 408 g/mol. The number of carbonyl (C=O) groups is 1. The molecule has 8 heteroatoms. The van der Waals surface area contributed by atoms with E-state index in [2.05, 4.69) is 16.3 Å². The van der Waals surface area contributed by atoms with E-state index >= 15 is 0 Å². The van der Waals surface area contributed by atoms with Crippen LogP contribution in [-0.4, -0.2) is 51.3 Å². The molecule has 1 fully saturated rings. The van der Waals surface area contributed by atoms with Crippen LogP contribution < -0.4 is 5.32 Å². The first-order valence-electron chi connectivity index (χ1n) is 8.86. The Bertz CT molecular complexity index is 860. The van der Waals surface area contributed by atoms with Gasteiger partial charge < -0.3 is 10.1 Å². The van der Waals surface area contributed by atoms with Crippen molar-refractivity contribution in [2.24, 2.45) is 0 Å². The van der Waals surface area contributed by atoms with E-state index in [4.69, 9.17) is 4.74 Å². The van der Waals surface area contributed by atoms with Crippen LogP contribution in [0.15, 0.2) is 46.7 Å². The number of anilines is 1. The Labute approximate surface area is 164 Å². The van der Waals surface area contributed by atoms with Gasteiger partial charge in [-0.05, 0) is 42.5 Å². The second-order valence-corrected chi connectivity index (χ2v) is 9.78. The molecule has 2 heterocycles. The Hall–Kier alpha value is -1.74. The second kappa shape index (κ2) is 8.97. The first kappa shape index (κ1) is 20.0. The fraction of sp³-hybridized carbons (Fsp3) is 0.421. The highest BCUT2D eigenvalue weighted by atomic mass is 32.2. The second-order valence-electron chi connectivity index (χ2n) is 6.73. The lowest BCUT2D eigenvalue weighted by Crippen LogP contribution is -2.37. The van der Waals surface area contributed by atoms with Crippen molar-refractivity contribution in [3.8, 4) is 0 Å². The third-order valence-corrected chi connectivity index (χ3v) is 6.33. The number of hydrogen-bond acceptors (Lipinski definition) is 6. The molecule has 1 atom stereocenters. The van der Waals surface area contributed by atoms with Crippen molar-refractivity contribution in [3.63, 3.8) is 0 Å². The van der Waals surface area contributed by atoms with Crippen molar-refractivity contribution >= 4 is 32.8 Å². The number of amides is 1. The minimum Gasteiger partial charge on any atom is -0.377 e. The molecule has 0 bridgehead atoms. The molecule has 1 aliphatic heterocycles. The molecule has 1 amide bonds. The third kappa shape index (κ3) is 6.14. The van der Waals surface area contributed by atoms with Crippen molar-refractivity contribution in [2.75, 3.05) is 31.3 Å². The van der Waals surface area contributed by atoms with Crippen LogP contribution in [0.1, 0.15) is 17.7 Å². The van der Waals surface area contributed by atoms with Gasteiger partial charge in [0.2, 0.25) is 5.91 Å². The van der Waals surface area contributed by atoms with Gasteiger partial charge in [-0.15, -0.1) is 11.3 Å². The Balaban J connectivity index is 1.64. The number of ether oxygens (including phenoxy) is 1. The molecular formula is C19H24N2O4S2. The van der Waals surface area contributed by atoms with E-state index in [-0.39, 0.29) is 23.5 Å². The van der Waals surface area contributed by atoms with Gasteiger partial charge in [-0.25, -0.2) is 8.42 Å². The average Bonchev–Trinajstić information content (AvgIpc) is 3.28. The average molecular weight is 409 g/mol.